The number of methoxy groups -OCH3 is 1. The first-order chi connectivity index (χ1) is 8.90. The minimum absolute atomic E-state index is 0.608. The van der Waals surface area contributed by atoms with Crippen molar-refractivity contribution in [1.29, 1.82) is 0 Å². The molecular weight excluding hydrogens is 234 g/mol. The number of rotatable bonds is 7. The summed E-state index contributed by atoms with van der Waals surface area (Å²) in [5, 5.41) is 3.27. The van der Waals surface area contributed by atoms with Gasteiger partial charge in [-0.25, -0.2) is 0 Å². The fourth-order valence-electron chi connectivity index (χ4n) is 1.67. The van der Waals surface area contributed by atoms with E-state index in [1.165, 1.54) is 0 Å². The van der Waals surface area contributed by atoms with Crippen molar-refractivity contribution in [2.24, 2.45) is 0 Å². The van der Waals surface area contributed by atoms with E-state index < -0.39 is 0 Å². The number of hydrogen-bond acceptors (Lipinski definition) is 5. The van der Waals surface area contributed by atoms with Crippen LogP contribution in [0.2, 0.25) is 0 Å². The first-order valence-corrected chi connectivity index (χ1v) is 6.10. The zero-order valence-electron chi connectivity index (χ0n) is 10.6. The van der Waals surface area contributed by atoms with E-state index in [1.54, 1.807) is 7.11 Å². The van der Waals surface area contributed by atoms with Crippen LogP contribution < -0.4 is 14.8 Å². The first kappa shape index (κ1) is 13.0. The van der Waals surface area contributed by atoms with E-state index in [0.717, 1.165) is 23.7 Å². The molecule has 0 amide bonds. The lowest BCUT2D eigenvalue weighted by Gasteiger charge is -2.19. The third-order valence-electron chi connectivity index (χ3n) is 2.55. The van der Waals surface area contributed by atoms with Gasteiger partial charge in [-0.2, -0.15) is 0 Å². The molecule has 1 heterocycles. The maximum atomic E-state index is 5.51. The van der Waals surface area contributed by atoms with Gasteiger partial charge in [0.15, 0.2) is 11.5 Å². The van der Waals surface area contributed by atoms with Crippen LogP contribution in [0.15, 0.2) is 18.2 Å². The number of nitrogens with one attached hydrogen (secondary N) is 1. The second-order valence-electron chi connectivity index (χ2n) is 3.89. The fraction of sp³-hybridized carbons (Fsp3) is 0.538. The molecule has 5 heteroatoms. The standard InChI is InChI=1S/C13H19NO4/c1-15-6-7-16-5-4-14-11-2-3-12-13(10-11)18-9-8-17-12/h2-3,10,14H,4-9H2,1H3. The Morgan fingerprint density at radius 3 is 2.78 bits per heavy atom. The summed E-state index contributed by atoms with van der Waals surface area (Å²) in [7, 11) is 1.66. The molecule has 0 radical (unpaired) electrons. The minimum Gasteiger partial charge on any atom is -0.486 e. The van der Waals surface area contributed by atoms with Gasteiger partial charge in [-0.15, -0.1) is 0 Å². The largest absolute Gasteiger partial charge is 0.486 e. The van der Waals surface area contributed by atoms with E-state index >= 15 is 0 Å². The van der Waals surface area contributed by atoms with E-state index in [2.05, 4.69) is 5.32 Å². The Balaban J connectivity index is 1.72. The summed E-state index contributed by atoms with van der Waals surface area (Å²) in [5.74, 6) is 1.61. The molecule has 0 aromatic heterocycles. The van der Waals surface area contributed by atoms with Gasteiger partial charge in [0.1, 0.15) is 13.2 Å². The molecule has 0 fully saturated rings. The highest BCUT2D eigenvalue weighted by Gasteiger charge is 2.11. The number of hydrogen-bond donors (Lipinski definition) is 1. The Morgan fingerprint density at radius 1 is 1.11 bits per heavy atom. The van der Waals surface area contributed by atoms with Gasteiger partial charge in [-0.05, 0) is 12.1 Å². The van der Waals surface area contributed by atoms with Crippen LogP contribution in [0.25, 0.3) is 0 Å². The highest BCUT2D eigenvalue weighted by Crippen LogP contribution is 2.32. The van der Waals surface area contributed by atoms with Crippen molar-refractivity contribution >= 4 is 5.69 Å². The number of ether oxygens (including phenoxy) is 4. The highest BCUT2D eigenvalue weighted by atomic mass is 16.6. The SMILES string of the molecule is COCCOCCNc1ccc2c(c1)OCCO2. The van der Waals surface area contributed by atoms with Crippen molar-refractivity contribution in [3.05, 3.63) is 18.2 Å². The van der Waals surface area contributed by atoms with Crippen LogP contribution in [-0.4, -0.2) is 46.7 Å². The molecule has 100 valence electrons. The molecule has 5 nitrogen and oxygen atoms in total. The van der Waals surface area contributed by atoms with Crippen LogP contribution in [0.3, 0.4) is 0 Å². The average Bonchev–Trinajstić information content (AvgIpc) is 2.42. The van der Waals surface area contributed by atoms with Crippen molar-refractivity contribution in [2.45, 2.75) is 0 Å². The minimum atomic E-state index is 0.608. The monoisotopic (exact) mass is 253 g/mol. The maximum absolute atomic E-state index is 5.51. The molecule has 0 saturated heterocycles. The van der Waals surface area contributed by atoms with Gasteiger partial charge >= 0.3 is 0 Å². The summed E-state index contributed by atoms with van der Waals surface area (Å²) in [6.07, 6.45) is 0. The molecule has 0 spiro atoms. The topological polar surface area (TPSA) is 49.0 Å². The van der Waals surface area contributed by atoms with Crippen LogP contribution in [0.1, 0.15) is 0 Å². The predicted octanol–water partition coefficient (Wildman–Crippen LogP) is 1.53. The van der Waals surface area contributed by atoms with Crippen LogP contribution in [-0.2, 0) is 9.47 Å². The van der Waals surface area contributed by atoms with Gasteiger partial charge in [-0.1, -0.05) is 0 Å². The van der Waals surface area contributed by atoms with Crippen molar-refractivity contribution in [1.82, 2.24) is 0 Å². The molecule has 1 N–H and O–H groups in total. The molecule has 1 aromatic carbocycles. The van der Waals surface area contributed by atoms with Crippen molar-refractivity contribution < 1.29 is 18.9 Å². The van der Waals surface area contributed by atoms with Crippen LogP contribution in [0.5, 0.6) is 11.5 Å². The van der Waals surface area contributed by atoms with Crippen molar-refractivity contribution in [3.8, 4) is 11.5 Å². The number of fused-ring (bicyclic) bond motifs is 1. The summed E-state index contributed by atoms with van der Waals surface area (Å²) < 4.78 is 21.2. The molecule has 18 heavy (non-hydrogen) atoms. The third-order valence-corrected chi connectivity index (χ3v) is 2.55. The lowest BCUT2D eigenvalue weighted by Crippen LogP contribution is -2.16. The van der Waals surface area contributed by atoms with Gasteiger partial charge in [0.05, 0.1) is 19.8 Å². The maximum Gasteiger partial charge on any atom is 0.163 e. The molecule has 1 aliphatic heterocycles. The van der Waals surface area contributed by atoms with Gasteiger partial charge < -0.3 is 24.3 Å². The molecule has 0 saturated carbocycles. The van der Waals surface area contributed by atoms with E-state index in [0.29, 0.717) is 33.0 Å². The van der Waals surface area contributed by atoms with Crippen LogP contribution >= 0.6 is 0 Å². The Morgan fingerprint density at radius 2 is 1.94 bits per heavy atom. The van der Waals surface area contributed by atoms with Crippen molar-refractivity contribution in [3.63, 3.8) is 0 Å². The third kappa shape index (κ3) is 3.78. The van der Waals surface area contributed by atoms with Gasteiger partial charge in [-0.3, -0.25) is 0 Å². The molecule has 0 atom stereocenters. The second-order valence-corrected chi connectivity index (χ2v) is 3.89. The molecule has 0 bridgehead atoms. The summed E-state index contributed by atoms with van der Waals surface area (Å²) in [6.45, 7) is 3.88. The molecule has 1 aliphatic rings. The molecule has 2 rings (SSSR count). The first-order valence-electron chi connectivity index (χ1n) is 6.10. The smallest absolute Gasteiger partial charge is 0.163 e. The Labute approximate surface area is 107 Å². The molecule has 1 aromatic rings. The lowest BCUT2D eigenvalue weighted by molar-refractivity contribution is 0.0759. The van der Waals surface area contributed by atoms with E-state index in [-0.39, 0.29) is 0 Å². The van der Waals surface area contributed by atoms with Gasteiger partial charge in [0, 0.05) is 25.4 Å². The van der Waals surface area contributed by atoms with Gasteiger partial charge in [0.2, 0.25) is 0 Å². The molecule has 0 unspecified atom stereocenters. The van der Waals surface area contributed by atoms with E-state index in [1.807, 2.05) is 18.2 Å². The Kier molecular flexibility index (Phi) is 5.11. The zero-order valence-corrected chi connectivity index (χ0v) is 10.6. The molecular formula is C13H19NO4. The molecule has 0 aliphatic carbocycles. The number of anilines is 1. The Bertz CT molecular complexity index is 370. The average molecular weight is 253 g/mol. The van der Waals surface area contributed by atoms with Gasteiger partial charge in [0.25, 0.3) is 0 Å². The summed E-state index contributed by atoms with van der Waals surface area (Å²) >= 11 is 0. The highest BCUT2D eigenvalue weighted by molar-refractivity contribution is 5.55. The Hall–Kier alpha value is -1.46. The lowest BCUT2D eigenvalue weighted by atomic mass is 10.2. The summed E-state index contributed by atoms with van der Waals surface area (Å²) in [6, 6.07) is 5.84. The quantitative estimate of drug-likeness (QED) is 0.747. The normalized spacial score (nSPS) is 13.4. The predicted molar refractivity (Wildman–Crippen MR) is 68.6 cm³/mol. The summed E-state index contributed by atoms with van der Waals surface area (Å²) in [4.78, 5) is 0. The van der Waals surface area contributed by atoms with E-state index in [4.69, 9.17) is 18.9 Å². The van der Waals surface area contributed by atoms with Crippen LogP contribution in [0.4, 0.5) is 5.69 Å². The second kappa shape index (κ2) is 7.08. The van der Waals surface area contributed by atoms with E-state index in [9.17, 15) is 0 Å². The van der Waals surface area contributed by atoms with Crippen molar-refractivity contribution in [2.75, 3.05) is 52.0 Å². The fourth-order valence-corrected chi connectivity index (χ4v) is 1.67. The number of benzene rings is 1. The summed E-state index contributed by atoms with van der Waals surface area (Å²) in [5.41, 5.74) is 1.01. The zero-order chi connectivity index (χ0) is 12.6. The van der Waals surface area contributed by atoms with Crippen LogP contribution in [0, 0.1) is 0 Å².